The quantitative estimate of drug-likeness (QED) is 0.900. The van der Waals surface area contributed by atoms with E-state index in [4.69, 9.17) is 4.74 Å². The van der Waals surface area contributed by atoms with Crippen LogP contribution >= 0.6 is 0 Å². The molecule has 0 radical (unpaired) electrons. The average molecular weight is 243 g/mol. The van der Waals surface area contributed by atoms with E-state index in [0.29, 0.717) is 6.04 Å². The lowest BCUT2D eigenvalue weighted by Gasteiger charge is -2.25. The van der Waals surface area contributed by atoms with Crippen molar-refractivity contribution in [2.75, 3.05) is 18.5 Å². The molecule has 0 spiro atoms. The van der Waals surface area contributed by atoms with Gasteiger partial charge in [-0.05, 0) is 31.0 Å². The van der Waals surface area contributed by atoms with Gasteiger partial charge in [-0.15, -0.1) is 0 Å². The van der Waals surface area contributed by atoms with Crippen LogP contribution in [0.25, 0.3) is 5.69 Å². The van der Waals surface area contributed by atoms with Crippen molar-refractivity contribution in [1.82, 2.24) is 9.78 Å². The molecule has 94 valence electrons. The Morgan fingerprint density at radius 1 is 1.28 bits per heavy atom. The van der Waals surface area contributed by atoms with Crippen LogP contribution in [0.3, 0.4) is 0 Å². The average Bonchev–Trinajstić information content (AvgIpc) is 2.94. The van der Waals surface area contributed by atoms with Gasteiger partial charge in [-0.3, -0.25) is 0 Å². The Bertz CT molecular complexity index is 490. The maximum absolute atomic E-state index is 5.50. The Morgan fingerprint density at radius 3 is 3.00 bits per heavy atom. The molecule has 1 fully saturated rings. The van der Waals surface area contributed by atoms with Gasteiger partial charge in [-0.2, -0.15) is 5.10 Å². The monoisotopic (exact) mass is 243 g/mol. The molecular weight excluding hydrogens is 226 g/mol. The van der Waals surface area contributed by atoms with Crippen LogP contribution in [0.5, 0.6) is 0 Å². The molecule has 1 unspecified atom stereocenters. The minimum Gasteiger partial charge on any atom is -0.379 e. The van der Waals surface area contributed by atoms with Gasteiger partial charge in [0, 0.05) is 25.0 Å². The van der Waals surface area contributed by atoms with E-state index in [1.807, 2.05) is 29.1 Å². The Morgan fingerprint density at radius 2 is 2.22 bits per heavy atom. The maximum atomic E-state index is 5.50. The topological polar surface area (TPSA) is 39.1 Å². The van der Waals surface area contributed by atoms with Gasteiger partial charge in [0.2, 0.25) is 0 Å². The molecule has 4 heteroatoms. The molecule has 18 heavy (non-hydrogen) atoms. The van der Waals surface area contributed by atoms with E-state index >= 15 is 0 Å². The highest BCUT2D eigenvalue weighted by atomic mass is 16.5. The van der Waals surface area contributed by atoms with Crippen LogP contribution in [0.4, 0.5) is 5.69 Å². The first kappa shape index (κ1) is 11.3. The van der Waals surface area contributed by atoms with Crippen LogP contribution in [0, 0.1) is 0 Å². The largest absolute Gasteiger partial charge is 0.379 e. The van der Waals surface area contributed by atoms with Crippen molar-refractivity contribution in [2.24, 2.45) is 0 Å². The molecule has 1 aliphatic rings. The first-order valence-corrected chi connectivity index (χ1v) is 6.37. The molecule has 1 saturated heterocycles. The zero-order valence-corrected chi connectivity index (χ0v) is 10.2. The Balaban J connectivity index is 1.83. The summed E-state index contributed by atoms with van der Waals surface area (Å²) in [6, 6.07) is 10.6. The first-order valence-electron chi connectivity index (χ1n) is 6.37. The van der Waals surface area contributed by atoms with E-state index in [0.717, 1.165) is 37.4 Å². The molecule has 1 aromatic heterocycles. The van der Waals surface area contributed by atoms with Gasteiger partial charge in [-0.25, -0.2) is 4.68 Å². The van der Waals surface area contributed by atoms with Crippen molar-refractivity contribution in [3.05, 3.63) is 42.7 Å². The molecule has 1 aromatic carbocycles. The van der Waals surface area contributed by atoms with Gasteiger partial charge < -0.3 is 10.1 Å². The lowest BCUT2D eigenvalue weighted by molar-refractivity contribution is 0.0876. The van der Waals surface area contributed by atoms with Crippen molar-refractivity contribution in [3.8, 4) is 5.69 Å². The number of para-hydroxylation sites is 2. The van der Waals surface area contributed by atoms with E-state index in [2.05, 4.69) is 22.5 Å². The van der Waals surface area contributed by atoms with Crippen molar-refractivity contribution in [1.29, 1.82) is 0 Å². The zero-order chi connectivity index (χ0) is 12.2. The van der Waals surface area contributed by atoms with Crippen molar-refractivity contribution in [3.63, 3.8) is 0 Å². The first-order chi connectivity index (χ1) is 8.93. The van der Waals surface area contributed by atoms with Crippen LogP contribution in [-0.4, -0.2) is 29.0 Å². The summed E-state index contributed by atoms with van der Waals surface area (Å²) in [5.41, 5.74) is 2.18. The smallest absolute Gasteiger partial charge is 0.0876 e. The van der Waals surface area contributed by atoms with Crippen molar-refractivity contribution < 1.29 is 4.74 Å². The molecule has 1 aliphatic heterocycles. The highest BCUT2D eigenvalue weighted by Crippen LogP contribution is 2.21. The molecule has 0 aliphatic carbocycles. The summed E-state index contributed by atoms with van der Waals surface area (Å²) in [7, 11) is 0. The van der Waals surface area contributed by atoms with E-state index in [1.165, 1.54) is 0 Å². The number of rotatable bonds is 3. The zero-order valence-electron chi connectivity index (χ0n) is 10.2. The third-order valence-corrected chi connectivity index (χ3v) is 3.18. The Labute approximate surface area is 107 Å². The maximum Gasteiger partial charge on any atom is 0.0876 e. The fourth-order valence-electron chi connectivity index (χ4n) is 2.28. The minimum atomic E-state index is 0.399. The van der Waals surface area contributed by atoms with Gasteiger partial charge in [0.1, 0.15) is 0 Å². The summed E-state index contributed by atoms with van der Waals surface area (Å²) in [4.78, 5) is 0. The predicted molar refractivity (Wildman–Crippen MR) is 71.0 cm³/mol. The van der Waals surface area contributed by atoms with Crippen LogP contribution < -0.4 is 5.32 Å². The van der Waals surface area contributed by atoms with Gasteiger partial charge in [0.05, 0.1) is 18.0 Å². The van der Waals surface area contributed by atoms with Gasteiger partial charge in [-0.1, -0.05) is 12.1 Å². The lowest BCUT2D eigenvalue weighted by Crippen LogP contribution is -2.30. The molecule has 4 nitrogen and oxygen atoms in total. The fraction of sp³-hybridized carbons (Fsp3) is 0.357. The Kier molecular flexibility index (Phi) is 3.28. The summed E-state index contributed by atoms with van der Waals surface area (Å²) in [5, 5.41) is 7.84. The van der Waals surface area contributed by atoms with Crippen LogP contribution in [-0.2, 0) is 4.74 Å². The van der Waals surface area contributed by atoms with Crippen LogP contribution in [0.15, 0.2) is 42.7 Å². The normalized spacial score (nSPS) is 19.7. The number of nitrogens with zero attached hydrogens (tertiary/aromatic N) is 2. The third-order valence-electron chi connectivity index (χ3n) is 3.18. The van der Waals surface area contributed by atoms with Gasteiger partial charge in [0.15, 0.2) is 0 Å². The molecular formula is C14H17N3O. The molecule has 2 heterocycles. The van der Waals surface area contributed by atoms with Gasteiger partial charge >= 0.3 is 0 Å². The second-order valence-electron chi connectivity index (χ2n) is 4.53. The summed E-state index contributed by atoms with van der Waals surface area (Å²) in [6.45, 7) is 1.67. The molecule has 0 saturated carbocycles. The highest BCUT2D eigenvalue weighted by Gasteiger charge is 2.15. The summed E-state index contributed by atoms with van der Waals surface area (Å²) >= 11 is 0. The number of hydrogen-bond acceptors (Lipinski definition) is 3. The number of benzene rings is 1. The molecule has 1 N–H and O–H groups in total. The van der Waals surface area contributed by atoms with E-state index in [1.54, 1.807) is 6.20 Å². The standard InChI is InChI=1S/C14H17N3O/c1-2-7-14(17-9-4-8-15-17)13(6-1)16-12-5-3-10-18-11-12/h1-2,4,6-9,12,16H,3,5,10-11H2. The molecule has 0 bridgehead atoms. The molecule has 0 amide bonds. The van der Waals surface area contributed by atoms with Crippen LogP contribution in [0.2, 0.25) is 0 Å². The number of aromatic nitrogens is 2. The van der Waals surface area contributed by atoms with E-state index < -0.39 is 0 Å². The minimum absolute atomic E-state index is 0.399. The van der Waals surface area contributed by atoms with Crippen LogP contribution in [0.1, 0.15) is 12.8 Å². The predicted octanol–water partition coefficient (Wildman–Crippen LogP) is 2.46. The second-order valence-corrected chi connectivity index (χ2v) is 4.53. The number of nitrogens with one attached hydrogen (secondary N) is 1. The summed E-state index contributed by atoms with van der Waals surface area (Å²) in [5.74, 6) is 0. The number of hydrogen-bond donors (Lipinski definition) is 1. The highest BCUT2D eigenvalue weighted by molar-refractivity contribution is 5.61. The number of ether oxygens (including phenoxy) is 1. The Hall–Kier alpha value is -1.81. The summed E-state index contributed by atoms with van der Waals surface area (Å²) < 4.78 is 7.38. The lowest BCUT2D eigenvalue weighted by atomic mass is 10.1. The third kappa shape index (κ3) is 2.38. The van der Waals surface area contributed by atoms with Crippen molar-refractivity contribution >= 4 is 5.69 Å². The van der Waals surface area contributed by atoms with Crippen molar-refractivity contribution in [2.45, 2.75) is 18.9 Å². The number of anilines is 1. The van der Waals surface area contributed by atoms with E-state index in [9.17, 15) is 0 Å². The molecule has 3 rings (SSSR count). The SMILES string of the molecule is c1ccc(-n2cccn2)c(NC2CCCOC2)c1. The molecule has 2 aromatic rings. The van der Waals surface area contributed by atoms with Gasteiger partial charge in [0.25, 0.3) is 0 Å². The second kappa shape index (κ2) is 5.23. The molecule has 1 atom stereocenters. The summed E-state index contributed by atoms with van der Waals surface area (Å²) in [6.07, 6.45) is 6.04. The fourth-order valence-corrected chi connectivity index (χ4v) is 2.28. The van der Waals surface area contributed by atoms with E-state index in [-0.39, 0.29) is 0 Å².